The third-order valence-electron chi connectivity index (χ3n) is 4.86. The van der Waals surface area contributed by atoms with E-state index in [9.17, 15) is 24.8 Å². The Bertz CT molecular complexity index is 1580. The minimum atomic E-state index is -5.05. The van der Waals surface area contributed by atoms with Gasteiger partial charge in [0.05, 0.1) is 23.8 Å². The summed E-state index contributed by atoms with van der Waals surface area (Å²) in [5.74, 6) is -0.473. The molecule has 1 aliphatic rings. The molecule has 0 aliphatic carbocycles. The van der Waals surface area contributed by atoms with Crippen molar-refractivity contribution in [2.24, 2.45) is 5.92 Å². The quantitative estimate of drug-likeness (QED) is 0.481. The number of benzene rings is 2. The van der Waals surface area contributed by atoms with E-state index >= 15 is 0 Å². The molecule has 1 amide bonds. The van der Waals surface area contributed by atoms with Crippen molar-refractivity contribution in [3.63, 3.8) is 0 Å². The second kappa shape index (κ2) is 11.1. The van der Waals surface area contributed by atoms with Crippen LogP contribution < -0.4 is 9.47 Å². The molecule has 0 radical (unpaired) electrons. The van der Waals surface area contributed by atoms with Gasteiger partial charge in [-0.1, -0.05) is 44.1 Å². The van der Waals surface area contributed by atoms with Crippen LogP contribution in [0.4, 0.5) is 4.79 Å². The van der Waals surface area contributed by atoms with Crippen molar-refractivity contribution >= 4 is 16.1 Å². The highest BCUT2D eigenvalue weighted by Gasteiger charge is 2.39. The maximum absolute atomic E-state index is 14.1. The van der Waals surface area contributed by atoms with Crippen molar-refractivity contribution in [1.82, 2.24) is 9.21 Å². The SMILES string of the molecule is [2H]c1ccc(C([2H])([2H])[C@]([2H])(N(C(=O)O)C(C)(C)C)[C@]([2H])(O)C([2H])([2H])N(CC(C)C)S(=O)(=O)c2ccc3c(c2)OCO3)c([2H])c1[2H]. The van der Waals surface area contributed by atoms with Gasteiger partial charge in [-0.25, -0.2) is 13.2 Å². The number of aliphatic hydroxyl groups is 1. The molecule has 36 heavy (non-hydrogen) atoms. The maximum Gasteiger partial charge on any atom is 0.408 e. The van der Waals surface area contributed by atoms with Crippen LogP contribution in [0.15, 0.2) is 53.4 Å². The van der Waals surface area contributed by atoms with E-state index in [2.05, 4.69) is 0 Å². The van der Waals surface area contributed by atoms with Gasteiger partial charge in [0.2, 0.25) is 16.8 Å². The zero-order valence-electron chi connectivity index (χ0n) is 29.6. The second-order valence-corrected chi connectivity index (χ2v) is 11.2. The first-order valence-electron chi connectivity index (χ1n) is 15.5. The minimum absolute atomic E-state index is 0.00485. The van der Waals surface area contributed by atoms with Gasteiger partial charge in [0.1, 0.15) is 0 Å². The van der Waals surface area contributed by atoms with Gasteiger partial charge in [-0.15, -0.1) is 0 Å². The van der Waals surface area contributed by atoms with Crippen molar-refractivity contribution in [2.75, 3.05) is 19.8 Å². The Morgan fingerprint density at radius 1 is 1.22 bits per heavy atom. The molecule has 0 aromatic heterocycles. The molecule has 0 saturated carbocycles. The highest BCUT2D eigenvalue weighted by atomic mass is 32.2. The lowest BCUT2D eigenvalue weighted by atomic mass is 9.94. The van der Waals surface area contributed by atoms with Crippen LogP contribution >= 0.6 is 0 Å². The standard InChI is InChI=1S/C26H36N2O7S/c1-18(2)15-27(36(32,33)20-11-12-23-24(14-20)35-17-34-23)16-22(29)21(13-19-9-7-6-8-10-19)28(25(30)31)26(3,4)5/h6-12,14,18,21-22,29H,13,15-17H2,1-5H3,(H,30,31)/t21-,22+/m0/s1/i6D,7D,9D,13D2,16D2,21D,22D. The van der Waals surface area contributed by atoms with Crippen LogP contribution in [0.25, 0.3) is 0 Å². The van der Waals surface area contributed by atoms with E-state index in [0.717, 1.165) is 24.3 Å². The van der Waals surface area contributed by atoms with E-state index in [4.69, 9.17) is 20.4 Å². The smallest absolute Gasteiger partial charge is 0.408 e. The molecule has 0 saturated heterocycles. The van der Waals surface area contributed by atoms with Crippen molar-refractivity contribution in [3.8, 4) is 11.5 Å². The number of sulfonamides is 1. The van der Waals surface area contributed by atoms with Crippen LogP contribution in [-0.4, -0.2) is 71.4 Å². The molecule has 1 heterocycles. The maximum atomic E-state index is 14.1. The lowest BCUT2D eigenvalue weighted by Gasteiger charge is -2.42. The van der Waals surface area contributed by atoms with Gasteiger partial charge in [-0.2, -0.15) is 4.31 Å². The third kappa shape index (κ3) is 6.48. The van der Waals surface area contributed by atoms with E-state index in [0.29, 0.717) is 0 Å². The minimum Gasteiger partial charge on any atom is -0.465 e. The van der Waals surface area contributed by atoms with Gasteiger partial charge in [-0.05, 0) is 50.8 Å². The summed E-state index contributed by atoms with van der Waals surface area (Å²) in [5, 5.41) is 22.3. The van der Waals surface area contributed by atoms with E-state index < -0.39 is 87.7 Å². The molecule has 9 nitrogen and oxygen atoms in total. The highest BCUT2D eigenvalue weighted by molar-refractivity contribution is 7.89. The van der Waals surface area contributed by atoms with Gasteiger partial charge < -0.3 is 19.7 Å². The fraction of sp³-hybridized carbons (Fsp3) is 0.500. The molecule has 2 aromatic carbocycles. The average molecular weight is 530 g/mol. The first kappa shape index (κ1) is 17.6. The Hall–Kier alpha value is -2.82. The van der Waals surface area contributed by atoms with Gasteiger partial charge in [-0.3, -0.25) is 4.90 Å². The lowest BCUT2D eigenvalue weighted by Crippen LogP contribution is -2.58. The molecule has 2 N–H and O–H groups in total. The van der Waals surface area contributed by atoms with Crippen molar-refractivity contribution in [2.45, 2.75) is 63.5 Å². The summed E-state index contributed by atoms with van der Waals surface area (Å²) in [6, 6.07) is -1.28. The Morgan fingerprint density at radius 3 is 2.56 bits per heavy atom. The molecule has 0 fully saturated rings. The van der Waals surface area contributed by atoms with E-state index in [1.54, 1.807) is 0 Å². The molecular formula is C26H36N2O7S. The van der Waals surface area contributed by atoms with Gasteiger partial charge in [0.15, 0.2) is 11.5 Å². The van der Waals surface area contributed by atoms with E-state index in [1.807, 2.05) is 0 Å². The van der Waals surface area contributed by atoms with Crippen molar-refractivity contribution < 1.29 is 45.2 Å². The molecule has 3 rings (SSSR count). The van der Waals surface area contributed by atoms with Crippen LogP contribution in [-0.2, 0) is 16.4 Å². The molecule has 0 bridgehead atoms. The Labute approximate surface area is 225 Å². The number of hydrogen-bond acceptors (Lipinski definition) is 6. The first-order chi connectivity index (χ1) is 20.3. The Kier molecular flexibility index (Phi) is 5.41. The zero-order valence-corrected chi connectivity index (χ0v) is 21.4. The third-order valence-corrected chi connectivity index (χ3v) is 6.53. The molecule has 0 spiro atoms. The summed E-state index contributed by atoms with van der Waals surface area (Å²) in [5.41, 5.74) is -2.75. The number of rotatable bonds is 10. The summed E-state index contributed by atoms with van der Waals surface area (Å²) < 4.78 is 117. The Morgan fingerprint density at radius 2 is 1.92 bits per heavy atom. The van der Waals surface area contributed by atoms with Gasteiger partial charge in [0, 0.05) is 30.1 Å². The number of nitrogens with zero attached hydrogens (tertiary/aromatic N) is 2. The normalized spacial score (nSPS) is 21.4. The fourth-order valence-corrected chi connectivity index (χ4v) is 4.77. The molecule has 198 valence electrons. The fourth-order valence-electron chi connectivity index (χ4n) is 3.32. The summed E-state index contributed by atoms with van der Waals surface area (Å²) in [6.45, 7) is 1.66. The number of carboxylic acid groups (broad SMARTS) is 1. The van der Waals surface area contributed by atoms with Gasteiger partial charge in [0.25, 0.3) is 0 Å². The van der Waals surface area contributed by atoms with Crippen LogP contribution in [0.1, 0.15) is 52.5 Å². The molecule has 10 heteroatoms. The van der Waals surface area contributed by atoms with Crippen LogP contribution in [0.2, 0.25) is 0 Å². The van der Waals surface area contributed by atoms with Gasteiger partial charge >= 0.3 is 6.09 Å². The number of fused-ring (bicyclic) bond motifs is 1. The molecule has 1 aliphatic heterocycles. The topological polar surface area (TPSA) is 117 Å². The Balaban J connectivity index is 2.42. The summed E-state index contributed by atoms with van der Waals surface area (Å²) >= 11 is 0. The van der Waals surface area contributed by atoms with E-state index in [1.165, 1.54) is 40.7 Å². The van der Waals surface area contributed by atoms with Crippen molar-refractivity contribution in [3.05, 3.63) is 54.0 Å². The van der Waals surface area contributed by atoms with Crippen LogP contribution in [0, 0.1) is 5.92 Å². The first-order valence-corrected chi connectivity index (χ1v) is 12.5. The molecule has 0 unspecified atom stereocenters. The van der Waals surface area contributed by atoms with Crippen LogP contribution in [0.3, 0.4) is 0 Å². The number of hydrogen-bond donors (Lipinski definition) is 2. The predicted molar refractivity (Wildman–Crippen MR) is 136 cm³/mol. The predicted octanol–water partition coefficient (Wildman–Crippen LogP) is 3.81. The second-order valence-electron chi connectivity index (χ2n) is 9.31. The number of carbonyl (C=O) groups is 1. The summed E-state index contributed by atoms with van der Waals surface area (Å²) in [6.07, 6.45) is -10.1. The monoisotopic (exact) mass is 529 g/mol. The summed E-state index contributed by atoms with van der Waals surface area (Å²) in [7, 11) is -5.05. The van der Waals surface area contributed by atoms with Crippen molar-refractivity contribution in [1.29, 1.82) is 0 Å². The zero-order chi connectivity index (χ0) is 34.7. The largest absolute Gasteiger partial charge is 0.465 e. The van der Waals surface area contributed by atoms with E-state index in [-0.39, 0.29) is 27.5 Å². The number of ether oxygens (including phenoxy) is 2. The molecular weight excluding hydrogens is 484 g/mol. The average Bonchev–Trinajstić information content (AvgIpc) is 3.36. The molecule has 2 atom stereocenters. The highest BCUT2D eigenvalue weighted by Crippen LogP contribution is 2.35. The lowest BCUT2D eigenvalue weighted by molar-refractivity contribution is 0.000539. The van der Waals surface area contributed by atoms with Crippen LogP contribution in [0.5, 0.6) is 11.5 Å². The summed E-state index contributed by atoms with van der Waals surface area (Å²) in [4.78, 5) is 12.2. The molecule has 2 aromatic rings. The number of amides is 1.